The van der Waals surface area contributed by atoms with Crippen LogP contribution in [0.4, 0.5) is 0 Å². The zero-order valence-corrected chi connectivity index (χ0v) is 15.8. The summed E-state index contributed by atoms with van der Waals surface area (Å²) in [6.07, 6.45) is 1.62. The number of carbonyl (C=O) groups excluding carboxylic acids is 1. The number of nitrogens with one attached hydrogen (secondary N) is 1. The van der Waals surface area contributed by atoms with E-state index in [9.17, 15) is 13.2 Å². The molecule has 0 saturated heterocycles. The fourth-order valence-corrected chi connectivity index (χ4v) is 3.43. The van der Waals surface area contributed by atoms with Crippen LogP contribution in [0.5, 0.6) is 5.75 Å². The van der Waals surface area contributed by atoms with Crippen LogP contribution in [-0.4, -0.2) is 51.0 Å². The quantitative estimate of drug-likeness (QED) is 0.497. The van der Waals surface area contributed by atoms with Crippen LogP contribution >= 0.6 is 0 Å². The molecule has 1 heterocycles. The van der Waals surface area contributed by atoms with Gasteiger partial charge in [-0.15, -0.1) is 0 Å². The molecule has 0 aliphatic heterocycles. The number of esters is 1. The van der Waals surface area contributed by atoms with Crippen molar-refractivity contribution in [2.24, 2.45) is 0 Å². The second-order valence-corrected chi connectivity index (χ2v) is 8.14. The Morgan fingerprint density at radius 1 is 1.04 bits per heavy atom. The lowest BCUT2D eigenvalue weighted by atomic mass is 10.2. The molecule has 3 rings (SSSR count). The molecule has 0 aliphatic rings. The molecule has 27 heavy (non-hydrogen) atoms. The predicted octanol–water partition coefficient (Wildman–Crippen LogP) is 2.65. The summed E-state index contributed by atoms with van der Waals surface area (Å²) < 4.78 is 35.9. The number of benzene rings is 2. The SMILES string of the molecule is CN(C)S(=O)(=O)c1ccc(OCCOC(=O)c2c[nH]c3ccccc23)cc1. The molecule has 0 atom stereocenters. The minimum Gasteiger partial charge on any atom is -0.490 e. The van der Waals surface area contributed by atoms with Crippen LogP contribution in [0.1, 0.15) is 10.4 Å². The third-order valence-electron chi connectivity index (χ3n) is 4.00. The molecule has 0 bridgehead atoms. The molecule has 0 amide bonds. The molecule has 8 heteroatoms. The van der Waals surface area contributed by atoms with Gasteiger partial charge in [0.2, 0.25) is 10.0 Å². The minimum atomic E-state index is -3.47. The van der Waals surface area contributed by atoms with Gasteiger partial charge >= 0.3 is 5.97 Å². The molecule has 0 saturated carbocycles. The first-order valence-corrected chi connectivity index (χ1v) is 9.72. The number of nitrogens with zero attached hydrogens (tertiary/aromatic N) is 1. The number of hydrogen-bond acceptors (Lipinski definition) is 5. The summed E-state index contributed by atoms with van der Waals surface area (Å²) >= 11 is 0. The molecule has 0 spiro atoms. The second-order valence-electron chi connectivity index (χ2n) is 5.99. The number of rotatable bonds is 7. The maximum Gasteiger partial charge on any atom is 0.340 e. The average Bonchev–Trinajstić information content (AvgIpc) is 3.09. The first-order chi connectivity index (χ1) is 12.9. The highest BCUT2D eigenvalue weighted by Gasteiger charge is 2.17. The van der Waals surface area contributed by atoms with E-state index >= 15 is 0 Å². The van der Waals surface area contributed by atoms with Gasteiger partial charge in [0.25, 0.3) is 0 Å². The fraction of sp³-hybridized carbons (Fsp3) is 0.211. The van der Waals surface area contributed by atoms with Gasteiger partial charge in [0.1, 0.15) is 19.0 Å². The van der Waals surface area contributed by atoms with Gasteiger partial charge in [0.05, 0.1) is 10.5 Å². The summed E-state index contributed by atoms with van der Waals surface area (Å²) in [5.74, 6) is 0.0688. The van der Waals surface area contributed by atoms with Crippen molar-refractivity contribution >= 4 is 26.9 Å². The van der Waals surface area contributed by atoms with Gasteiger partial charge in [-0.2, -0.15) is 0 Å². The summed E-state index contributed by atoms with van der Waals surface area (Å²) in [6.45, 7) is 0.240. The Labute approximate surface area is 157 Å². The van der Waals surface area contributed by atoms with Gasteiger partial charge in [-0.1, -0.05) is 18.2 Å². The number of aromatic amines is 1. The van der Waals surface area contributed by atoms with Crippen LogP contribution in [-0.2, 0) is 14.8 Å². The van der Waals surface area contributed by atoms with E-state index in [1.54, 1.807) is 18.3 Å². The predicted molar refractivity (Wildman–Crippen MR) is 101 cm³/mol. The maximum atomic E-state index is 12.2. The maximum absolute atomic E-state index is 12.2. The van der Waals surface area contributed by atoms with Crippen LogP contribution in [0.3, 0.4) is 0 Å². The molecule has 0 radical (unpaired) electrons. The van der Waals surface area contributed by atoms with E-state index in [1.807, 2.05) is 24.3 Å². The Balaban J connectivity index is 1.52. The lowest BCUT2D eigenvalue weighted by Crippen LogP contribution is -2.22. The lowest BCUT2D eigenvalue weighted by Gasteiger charge is -2.12. The monoisotopic (exact) mass is 388 g/mol. The van der Waals surface area contributed by atoms with Crippen LogP contribution in [0.25, 0.3) is 10.9 Å². The summed E-state index contributed by atoms with van der Waals surface area (Å²) in [5.41, 5.74) is 1.34. The summed E-state index contributed by atoms with van der Waals surface area (Å²) in [7, 11) is -0.520. The zero-order chi connectivity index (χ0) is 19.4. The van der Waals surface area contributed by atoms with Crippen LogP contribution in [0, 0.1) is 0 Å². The normalized spacial score (nSPS) is 11.7. The number of aromatic nitrogens is 1. The van der Waals surface area contributed by atoms with Gasteiger partial charge < -0.3 is 14.5 Å². The summed E-state index contributed by atoms with van der Waals surface area (Å²) in [5, 5.41) is 0.807. The first kappa shape index (κ1) is 18.9. The molecule has 0 unspecified atom stereocenters. The molecule has 1 N–H and O–H groups in total. The fourth-order valence-electron chi connectivity index (χ4n) is 2.53. The van der Waals surface area contributed by atoms with E-state index in [-0.39, 0.29) is 18.1 Å². The number of carbonyl (C=O) groups is 1. The zero-order valence-electron chi connectivity index (χ0n) is 15.0. The lowest BCUT2D eigenvalue weighted by molar-refractivity contribution is 0.0452. The van der Waals surface area contributed by atoms with Crippen LogP contribution in [0.15, 0.2) is 59.6 Å². The van der Waals surface area contributed by atoms with E-state index in [1.165, 1.54) is 26.2 Å². The van der Waals surface area contributed by atoms with Crippen molar-refractivity contribution in [3.8, 4) is 5.75 Å². The van der Waals surface area contributed by atoms with Crippen molar-refractivity contribution in [2.75, 3.05) is 27.3 Å². The Morgan fingerprint density at radius 3 is 2.44 bits per heavy atom. The molecular formula is C19H20N2O5S. The van der Waals surface area contributed by atoms with Crippen molar-refractivity contribution in [2.45, 2.75) is 4.90 Å². The molecule has 3 aromatic rings. The van der Waals surface area contributed by atoms with E-state index < -0.39 is 16.0 Å². The number of sulfonamides is 1. The van der Waals surface area contributed by atoms with Gasteiger partial charge in [0, 0.05) is 31.2 Å². The molecule has 0 fully saturated rings. The first-order valence-electron chi connectivity index (χ1n) is 8.28. The Kier molecular flexibility index (Phi) is 5.48. The largest absolute Gasteiger partial charge is 0.490 e. The van der Waals surface area contributed by atoms with Crippen LogP contribution < -0.4 is 4.74 Å². The highest BCUT2D eigenvalue weighted by Crippen LogP contribution is 2.19. The average molecular weight is 388 g/mol. The van der Waals surface area contributed by atoms with Gasteiger partial charge in [-0.05, 0) is 30.3 Å². The van der Waals surface area contributed by atoms with E-state index in [2.05, 4.69) is 4.98 Å². The molecule has 2 aromatic carbocycles. The topological polar surface area (TPSA) is 88.7 Å². The Hall–Kier alpha value is -2.84. The van der Waals surface area contributed by atoms with Gasteiger partial charge in [-0.3, -0.25) is 0 Å². The van der Waals surface area contributed by atoms with Crippen molar-refractivity contribution in [3.63, 3.8) is 0 Å². The third kappa shape index (κ3) is 4.12. The second kappa shape index (κ2) is 7.81. The standard InChI is InChI=1S/C19H20N2O5S/c1-21(2)27(23,24)15-9-7-14(8-10-15)25-11-12-26-19(22)17-13-20-18-6-4-3-5-16(17)18/h3-10,13,20H,11-12H2,1-2H3. The highest BCUT2D eigenvalue weighted by molar-refractivity contribution is 7.89. The number of para-hydroxylation sites is 1. The van der Waals surface area contributed by atoms with E-state index in [4.69, 9.17) is 9.47 Å². The van der Waals surface area contributed by atoms with Gasteiger partial charge in [-0.25, -0.2) is 17.5 Å². The number of H-pyrrole nitrogens is 1. The van der Waals surface area contributed by atoms with Crippen molar-refractivity contribution in [3.05, 3.63) is 60.3 Å². The van der Waals surface area contributed by atoms with Crippen molar-refractivity contribution in [1.82, 2.24) is 9.29 Å². The third-order valence-corrected chi connectivity index (χ3v) is 5.83. The summed E-state index contributed by atoms with van der Waals surface area (Å²) in [4.78, 5) is 15.4. The van der Waals surface area contributed by atoms with E-state index in [0.717, 1.165) is 15.2 Å². The molecular weight excluding hydrogens is 368 g/mol. The molecule has 142 valence electrons. The number of hydrogen-bond donors (Lipinski definition) is 1. The Morgan fingerprint density at radius 2 is 1.74 bits per heavy atom. The number of fused-ring (bicyclic) bond motifs is 1. The van der Waals surface area contributed by atoms with Crippen LogP contribution in [0.2, 0.25) is 0 Å². The molecule has 1 aromatic heterocycles. The number of ether oxygens (including phenoxy) is 2. The van der Waals surface area contributed by atoms with Gasteiger partial charge in [0.15, 0.2) is 0 Å². The minimum absolute atomic E-state index is 0.0795. The van der Waals surface area contributed by atoms with Crippen molar-refractivity contribution < 1.29 is 22.7 Å². The smallest absolute Gasteiger partial charge is 0.340 e. The molecule has 0 aliphatic carbocycles. The molecule has 7 nitrogen and oxygen atoms in total. The van der Waals surface area contributed by atoms with E-state index in [0.29, 0.717) is 11.3 Å². The highest BCUT2D eigenvalue weighted by atomic mass is 32.2. The van der Waals surface area contributed by atoms with Crippen molar-refractivity contribution in [1.29, 1.82) is 0 Å². The Bertz CT molecular complexity index is 1040. The summed E-state index contributed by atoms with van der Waals surface area (Å²) in [6, 6.07) is 13.6.